The van der Waals surface area contributed by atoms with Gasteiger partial charge in [-0.2, -0.15) is 41.6 Å². The first-order valence-corrected chi connectivity index (χ1v) is 31.3. The van der Waals surface area contributed by atoms with Crippen LogP contribution in [0.2, 0.25) is 0 Å². The van der Waals surface area contributed by atoms with Crippen molar-refractivity contribution < 1.29 is 20.8 Å². The first-order valence-electron chi connectivity index (χ1n) is 23.9. The van der Waals surface area contributed by atoms with Crippen molar-refractivity contribution in [3.8, 4) is 55.6 Å². The number of aryl methyl sites for hydroxylation is 4. The molecule has 0 aromatic heterocycles. The number of rotatable bonds is 10. The van der Waals surface area contributed by atoms with E-state index in [0.29, 0.717) is 0 Å². The van der Waals surface area contributed by atoms with E-state index in [1.54, 1.807) is 0 Å². The predicted molar refractivity (Wildman–Crippen MR) is 295 cm³/mol. The number of unbranched alkanes of at least 4 members (excludes halogenated alkanes) is 2. The van der Waals surface area contributed by atoms with E-state index in [9.17, 15) is 0 Å². The van der Waals surface area contributed by atoms with Crippen LogP contribution in [0.1, 0.15) is 61.8 Å². The molecule has 1 heterocycles. The van der Waals surface area contributed by atoms with Crippen LogP contribution in [0.25, 0.3) is 77.2 Å². The average molecular weight is 1020 g/mol. The number of halogens is 2. The van der Waals surface area contributed by atoms with Crippen molar-refractivity contribution in [3.63, 3.8) is 0 Å². The Morgan fingerprint density at radius 3 is 1.37 bits per heavy atom. The Kier molecular flexibility index (Phi) is 17.5. The van der Waals surface area contributed by atoms with E-state index in [0.717, 1.165) is 9.52 Å². The van der Waals surface area contributed by atoms with E-state index in [-0.39, 0.29) is 0 Å². The third kappa shape index (κ3) is 11.6. The molecule has 0 fully saturated rings. The molecule has 10 aromatic carbocycles. The molecule has 338 valence electrons. The molecule has 0 aliphatic carbocycles. The summed E-state index contributed by atoms with van der Waals surface area (Å²) in [6.45, 7) is 8.94. The van der Waals surface area contributed by atoms with E-state index < -0.39 is 20.8 Å². The minimum absolute atomic E-state index is 0.795. The van der Waals surface area contributed by atoms with Crippen molar-refractivity contribution in [1.82, 2.24) is 0 Å². The van der Waals surface area contributed by atoms with Gasteiger partial charge in [0.05, 0.1) is 9.52 Å². The largest absolute Gasteiger partial charge is 0.184 e. The number of benzene rings is 8. The van der Waals surface area contributed by atoms with Gasteiger partial charge in [0.1, 0.15) is 0 Å². The number of hydrogen-bond acceptors (Lipinski definition) is 0. The van der Waals surface area contributed by atoms with Gasteiger partial charge in [0.2, 0.25) is 0 Å². The fourth-order valence-corrected chi connectivity index (χ4v) is 10.8. The first kappa shape index (κ1) is 49.1. The Labute approximate surface area is 426 Å². The number of fused-ring (bicyclic) bond motifs is 5. The summed E-state index contributed by atoms with van der Waals surface area (Å²) in [5, 5.41) is 8.30. The van der Waals surface area contributed by atoms with Crippen molar-refractivity contribution >= 4 is 58.5 Å². The van der Waals surface area contributed by atoms with Crippen LogP contribution in [0.3, 0.4) is 0 Å². The smallest absolute Gasteiger partial charge is 0.0920 e. The van der Waals surface area contributed by atoms with Crippen molar-refractivity contribution in [2.24, 2.45) is 0 Å². The third-order valence-corrected chi connectivity index (χ3v) is 14.2. The maximum Gasteiger partial charge on any atom is 0.0920 e. The van der Waals surface area contributed by atoms with Gasteiger partial charge < -0.3 is 0 Å². The predicted octanol–water partition coefficient (Wildman–Crippen LogP) is 17.6. The van der Waals surface area contributed by atoms with E-state index >= 15 is 0 Å². The minimum atomic E-state index is -0.826. The Balaban J connectivity index is 0.000000140. The van der Waals surface area contributed by atoms with Crippen molar-refractivity contribution in [2.75, 3.05) is 0 Å². The second kappa shape index (κ2) is 24.3. The van der Waals surface area contributed by atoms with E-state index in [4.69, 9.17) is 17.0 Å². The van der Waals surface area contributed by atoms with Gasteiger partial charge in [-0.25, -0.2) is 0 Å². The van der Waals surface area contributed by atoms with Crippen molar-refractivity contribution in [3.05, 3.63) is 229 Å². The van der Waals surface area contributed by atoms with E-state index in [2.05, 4.69) is 228 Å². The molecule has 0 amide bonds. The van der Waals surface area contributed by atoms with Gasteiger partial charge in [-0.3, -0.25) is 0 Å². The summed E-state index contributed by atoms with van der Waals surface area (Å²) >= 11 is -0.826. The average Bonchev–Trinajstić information content (AvgIpc) is 4.11. The van der Waals surface area contributed by atoms with Crippen LogP contribution < -0.4 is 10.4 Å². The summed E-state index contributed by atoms with van der Waals surface area (Å²) in [6.07, 6.45) is 7.31. The molecule has 1 aliphatic rings. The Morgan fingerprint density at radius 2 is 0.897 bits per heavy atom. The van der Waals surface area contributed by atoms with Crippen molar-refractivity contribution in [2.45, 2.75) is 66.2 Å². The molecule has 10 aromatic rings. The molecule has 0 bridgehead atoms. The summed E-state index contributed by atoms with van der Waals surface area (Å²) in [6, 6.07) is 75.9. The summed E-state index contributed by atoms with van der Waals surface area (Å²) in [4.78, 5) is 0. The van der Waals surface area contributed by atoms with Gasteiger partial charge in [-0.05, 0) is 71.2 Å². The van der Waals surface area contributed by atoms with Gasteiger partial charge in [-0.1, -0.05) is 207 Å². The quantitative estimate of drug-likeness (QED) is 0.0946. The molecule has 0 atom stereocenters. The van der Waals surface area contributed by atoms with Gasteiger partial charge in [0.15, 0.2) is 0 Å². The first-order chi connectivity index (χ1) is 33.4. The van der Waals surface area contributed by atoms with Crippen LogP contribution in [0.4, 0.5) is 0 Å². The second-order valence-corrected chi connectivity index (χ2v) is 22.5. The number of hydrogen-bond donors (Lipinski definition) is 0. The molecular weight excluding hydrogens is 959 g/mol. The summed E-state index contributed by atoms with van der Waals surface area (Å²) in [5.74, 6) is 0. The maximum absolute atomic E-state index is 4.93. The molecular formula is C64H57Cl2SiZr-3. The van der Waals surface area contributed by atoms with E-state index in [1.807, 2.05) is 6.07 Å². The molecule has 0 nitrogen and oxygen atoms in total. The minimum Gasteiger partial charge on any atom is -0.184 e. The molecule has 0 spiro atoms. The van der Waals surface area contributed by atoms with Crippen LogP contribution >= 0.6 is 17.0 Å². The van der Waals surface area contributed by atoms with Gasteiger partial charge in [0.25, 0.3) is 0 Å². The Hall–Kier alpha value is -5.34. The maximum atomic E-state index is 4.93. The zero-order chi connectivity index (χ0) is 47.2. The van der Waals surface area contributed by atoms with Gasteiger partial charge in [0, 0.05) is 0 Å². The molecule has 0 saturated heterocycles. The van der Waals surface area contributed by atoms with Crippen molar-refractivity contribution in [1.29, 1.82) is 0 Å². The zero-order valence-corrected chi connectivity index (χ0v) is 44.5. The monoisotopic (exact) mass is 1010 g/mol. The Morgan fingerprint density at radius 1 is 0.471 bits per heavy atom. The van der Waals surface area contributed by atoms with Crippen LogP contribution in [0.15, 0.2) is 200 Å². The molecule has 0 saturated carbocycles. The zero-order valence-electron chi connectivity index (χ0n) is 39.6. The van der Waals surface area contributed by atoms with Gasteiger partial charge >= 0.3 is 37.9 Å². The summed E-state index contributed by atoms with van der Waals surface area (Å²) < 4.78 is 0. The molecule has 2 radical (unpaired) electrons. The van der Waals surface area contributed by atoms with Gasteiger partial charge in [-0.15, -0.1) is 62.5 Å². The third-order valence-electron chi connectivity index (χ3n) is 12.9. The normalized spacial score (nSPS) is 11.1. The molecule has 4 heteroatoms. The molecule has 11 rings (SSSR count). The second-order valence-electron chi connectivity index (χ2n) is 17.5. The molecule has 0 N–H and O–H groups in total. The molecule has 1 aliphatic heterocycles. The summed E-state index contributed by atoms with van der Waals surface area (Å²) in [7, 11) is 10.7. The fraction of sp³-hybridized carbons (Fsp3) is 0.156. The molecule has 0 unspecified atom stereocenters. The van der Waals surface area contributed by atoms with Crippen LogP contribution in [-0.4, -0.2) is 9.52 Å². The topological polar surface area (TPSA) is 0 Å². The van der Waals surface area contributed by atoms with E-state index in [1.165, 1.54) is 148 Å². The fourth-order valence-electron chi connectivity index (χ4n) is 9.47. The standard InChI is InChI=1S/2C26H25.C12H7Si.2ClH.Zr/c2*1-3-4-11-20-17-22-15-16-24(21-12-6-5-7-13-21)26(25(22)18-20)23-14-9-8-10-19(23)2;1-3-7-11-9(5-1)10-6-2-4-8-12(10)13-11;;;/h2*5-10,12-18H,3-4,11H2,1-2H3;1-7H;2*1H;/q3*-1;;;+2/p-2. The van der Waals surface area contributed by atoms with Crippen LogP contribution in [-0.2, 0) is 33.7 Å². The van der Waals surface area contributed by atoms with Crippen LogP contribution in [0.5, 0.6) is 0 Å². The molecule has 68 heavy (non-hydrogen) atoms. The van der Waals surface area contributed by atoms with Crippen LogP contribution in [0, 0.1) is 19.9 Å². The SMILES string of the molecule is CCCCc1cc2c(-c3ccccc3C)c(-c3ccccc3)ccc2[cH-]1.CCCCc1cc2c(-c3ccccc3C)c(-c3ccccc3)ccc2[cH-]1.[Cl][Zr][Cl].[c-]1cccc2c1[Si]c1ccccc1-2. The Bertz CT molecular complexity index is 2980. The summed E-state index contributed by atoms with van der Waals surface area (Å²) in [5.41, 5.74) is 19.0.